The summed E-state index contributed by atoms with van der Waals surface area (Å²) in [6.07, 6.45) is -0.867. The number of hydrogen-bond donors (Lipinski definition) is 1. The number of nitrogens with zero attached hydrogens (tertiary/aromatic N) is 1. The van der Waals surface area contributed by atoms with Gasteiger partial charge in [0.25, 0.3) is 0 Å². The van der Waals surface area contributed by atoms with Crippen LogP contribution in [0, 0.1) is 0 Å². The SMILES string of the molecule is CC(C)(C)OC(=O)N1C(=O)NC[C@@H]1C(=O)OCc1ccccc1. The molecule has 1 N–H and O–H groups in total. The second-order valence-corrected chi connectivity index (χ2v) is 6.15. The van der Waals surface area contributed by atoms with Crippen LogP contribution < -0.4 is 5.32 Å². The Morgan fingerprint density at radius 2 is 1.91 bits per heavy atom. The lowest BCUT2D eigenvalue weighted by atomic mass is 10.2. The summed E-state index contributed by atoms with van der Waals surface area (Å²) in [5.74, 6) is -0.655. The number of benzene rings is 1. The van der Waals surface area contributed by atoms with E-state index in [2.05, 4.69) is 5.32 Å². The van der Waals surface area contributed by atoms with Crippen molar-refractivity contribution in [1.29, 1.82) is 0 Å². The van der Waals surface area contributed by atoms with Crippen LogP contribution in [0.15, 0.2) is 30.3 Å². The predicted octanol–water partition coefficient (Wildman–Crippen LogP) is 2.06. The summed E-state index contributed by atoms with van der Waals surface area (Å²) in [5.41, 5.74) is 0.0558. The van der Waals surface area contributed by atoms with Gasteiger partial charge in [-0.3, -0.25) is 0 Å². The fourth-order valence-electron chi connectivity index (χ4n) is 2.04. The van der Waals surface area contributed by atoms with Gasteiger partial charge >= 0.3 is 18.1 Å². The monoisotopic (exact) mass is 320 g/mol. The summed E-state index contributed by atoms with van der Waals surface area (Å²) in [4.78, 5) is 36.8. The number of nitrogens with one attached hydrogen (secondary N) is 1. The topological polar surface area (TPSA) is 84.9 Å². The fourth-order valence-corrected chi connectivity index (χ4v) is 2.04. The van der Waals surface area contributed by atoms with Crippen molar-refractivity contribution in [2.45, 2.75) is 39.0 Å². The highest BCUT2D eigenvalue weighted by atomic mass is 16.6. The van der Waals surface area contributed by atoms with Gasteiger partial charge in [-0.2, -0.15) is 0 Å². The van der Waals surface area contributed by atoms with Gasteiger partial charge in [-0.1, -0.05) is 30.3 Å². The summed E-state index contributed by atoms with van der Waals surface area (Å²) >= 11 is 0. The molecule has 0 unspecified atom stereocenters. The van der Waals surface area contributed by atoms with Gasteiger partial charge in [0.2, 0.25) is 0 Å². The lowest BCUT2D eigenvalue weighted by Crippen LogP contribution is -2.46. The van der Waals surface area contributed by atoms with Crippen LogP contribution in [0.4, 0.5) is 9.59 Å². The molecular weight excluding hydrogens is 300 g/mol. The van der Waals surface area contributed by atoms with Crippen LogP contribution in [-0.2, 0) is 20.9 Å². The lowest BCUT2D eigenvalue weighted by Gasteiger charge is -2.25. The van der Waals surface area contributed by atoms with Crippen molar-refractivity contribution < 1.29 is 23.9 Å². The van der Waals surface area contributed by atoms with E-state index in [0.717, 1.165) is 10.5 Å². The van der Waals surface area contributed by atoms with Gasteiger partial charge in [-0.05, 0) is 26.3 Å². The Morgan fingerprint density at radius 1 is 1.26 bits per heavy atom. The Morgan fingerprint density at radius 3 is 2.52 bits per heavy atom. The Labute approximate surface area is 134 Å². The van der Waals surface area contributed by atoms with Crippen LogP contribution in [0.2, 0.25) is 0 Å². The second kappa shape index (κ2) is 6.68. The largest absolute Gasteiger partial charge is 0.459 e. The minimum atomic E-state index is -1.03. The molecule has 1 heterocycles. The van der Waals surface area contributed by atoms with Gasteiger partial charge in [0.05, 0.1) is 6.54 Å². The molecule has 0 saturated carbocycles. The van der Waals surface area contributed by atoms with E-state index in [1.54, 1.807) is 20.8 Å². The first-order chi connectivity index (χ1) is 10.8. The van der Waals surface area contributed by atoms with E-state index in [0.29, 0.717) is 0 Å². The highest BCUT2D eigenvalue weighted by Crippen LogP contribution is 2.16. The van der Waals surface area contributed by atoms with Crippen LogP contribution in [0.25, 0.3) is 0 Å². The summed E-state index contributed by atoms with van der Waals surface area (Å²) < 4.78 is 10.3. The average molecular weight is 320 g/mol. The van der Waals surface area contributed by atoms with Gasteiger partial charge in [0, 0.05) is 0 Å². The first kappa shape index (κ1) is 16.8. The Hall–Kier alpha value is -2.57. The van der Waals surface area contributed by atoms with E-state index in [9.17, 15) is 14.4 Å². The van der Waals surface area contributed by atoms with E-state index in [1.165, 1.54) is 0 Å². The van der Waals surface area contributed by atoms with Crippen LogP contribution in [-0.4, -0.2) is 41.2 Å². The summed E-state index contributed by atoms with van der Waals surface area (Å²) in [6, 6.07) is 7.46. The molecule has 3 amide bonds. The molecule has 0 aromatic heterocycles. The molecule has 1 aliphatic rings. The predicted molar refractivity (Wildman–Crippen MR) is 81.5 cm³/mol. The molecule has 7 nitrogen and oxygen atoms in total. The molecule has 1 atom stereocenters. The van der Waals surface area contributed by atoms with Crippen molar-refractivity contribution >= 4 is 18.1 Å². The zero-order valence-corrected chi connectivity index (χ0v) is 13.4. The minimum absolute atomic E-state index is 0.00565. The number of ether oxygens (including phenoxy) is 2. The van der Waals surface area contributed by atoms with E-state index >= 15 is 0 Å². The van der Waals surface area contributed by atoms with Gasteiger partial charge in [-0.15, -0.1) is 0 Å². The molecule has 1 aromatic carbocycles. The Bertz CT molecular complexity index is 594. The molecule has 124 valence electrons. The van der Waals surface area contributed by atoms with Crippen LogP contribution in [0.3, 0.4) is 0 Å². The first-order valence-electron chi connectivity index (χ1n) is 7.28. The number of hydrogen-bond acceptors (Lipinski definition) is 5. The summed E-state index contributed by atoms with van der Waals surface area (Å²) in [6.45, 7) is 5.13. The fraction of sp³-hybridized carbons (Fsp3) is 0.438. The summed E-state index contributed by atoms with van der Waals surface area (Å²) in [5, 5.41) is 2.45. The zero-order valence-electron chi connectivity index (χ0n) is 13.4. The number of carbonyl (C=O) groups excluding carboxylic acids is 3. The molecule has 2 rings (SSSR count). The molecule has 0 aliphatic carbocycles. The second-order valence-electron chi connectivity index (χ2n) is 6.15. The van der Waals surface area contributed by atoms with Crippen LogP contribution in [0.5, 0.6) is 0 Å². The molecular formula is C16H20N2O5. The van der Waals surface area contributed by atoms with Crippen molar-refractivity contribution in [3.63, 3.8) is 0 Å². The number of amides is 3. The minimum Gasteiger partial charge on any atom is -0.459 e. The Balaban J connectivity index is 2.00. The molecule has 23 heavy (non-hydrogen) atoms. The smallest absolute Gasteiger partial charge is 0.419 e. The lowest BCUT2D eigenvalue weighted by molar-refractivity contribution is -0.149. The van der Waals surface area contributed by atoms with Gasteiger partial charge in [0.15, 0.2) is 6.04 Å². The number of imide groups is 1. The van der Waals surface area contributed by atoms with E-state index in [1.807, 2.05) is 30.3 Å². The number of rotatable bonds is 3. The van der Waals surface area contributed by atoms with E-state index in [4.69, 9.17) is 9.47 Å². The van der Waals surface area contributed by atoms with E-state index < -0.39 is 29.7 Å². The van der Waals surface area contributed by atoms with Crippen molar-refractivity contribution in [2.24, 2.45) is 0 Å². The average Bonchev–Trinajstić information content (AvgIpc) is 2.86. The zero-order chi connectivity index (χ0) is 17.0. The maximum atomic E-state index is 12.2. The molecule has 1 aliphatic heterocycles. The number of carbonyl (C=O) groups is 3. The Kier molecular flexibility index (Phi) is 4.88. The van der Waals surface area contributed by atoms with Crippen molar-refractivity contribution in [3.8, 4) is 0 Å². The molecule has 7 heteroatoms. The number of esters is 1. The molecule has 0 radical (unpaired) electrons. The van der Waals surface area contributed by atoms with Crippen LogP contribution in [0.1, 0.15) is 26.3 Å². The highest BCUT2D eigenvalue weighted by Gasteiger charge is 2.43. The van der Waals surface area contributed by atoms with Gasteiger partial charge < -0.3 is 14.8 Å². The van der Waals surface area contributed by atoms with Crippen molar-refractivity contribution in [2.75, 3.05) is 6.54 Å². The van der Waals surface area contributed by atoms with E-state index in [-0.39, 0.29) is 13.2 Å². The molecule has 1 aromatic rings. The third-order valence-corrected chi connectivity index (χ3v) is 3.06. The third-order valence-electron chi connectivity index (χ3n) is 3.06. The summed E-state index contributed by atoms with van der Waals surface area (Å²) in [7, 11) is 0. The third kappa shape index (κ3) is 4.45. The molecule has 1 fully saturated rings. The molecule has 0 spiro atoms. The molecule has 1 saturated heterocycles. The van der Waals surface area contributed by atoms with Gasteiger partial charge in [0.1, 0.15) is 12.2 Å². The maximum absolute atomic E-state index is 12.2. The first-order valence-corrected chi connectivity index (χ1v) is 7.28. The van der Waals surface area contributed by atoms with Crippen LogP contribution >= 0.6 is 0 Å². The maximum Gasteiger partial charge on any atom is 0.419 e. The van der Waals surface area contributed by atoms with Crippen molar-refractivity contribution in [3.05, 3.63) is 35.9 Å². The van der Waals surface area contributed by atoms with Gasteiger partial charge in [-0.25, -0.2) is 19.3 Å². The number of urea groups is 1. The highest BCUT2D eigenvalue weighted by molar-refractivity contribution is 5.98. The standard InChI is InChI=1S/C16H20N2O5/c1-16(2,3)23-15(21)18-12(9-17-14(18)20)13(19)22-10-11-7-5-4-6-8-11/h4-8,12H,9-10H2,1-3H3,(H,17,20)/t12-/m1/s1. The quantitative estimate of drug-likeness (QED) is 0.862. The van der Waals surface area contributed by atoms with Crippen molar-refractivity contribution in [1.82, 2.24) is 10.2 Å². The normalized spacial score (nSPS) is 17.6. The molecule has 0 bridgehead atoms.